The highest BCUT2D eigenvalue weighted by molar-refractivity contribution is 5.80. The van der Waals surface area contributed by atoms with E-state index in [1.165, 1.54) is 7.11 Å². The number of hydrogen-bond acceptors (Lipinski definition) is 5. The molecule has 1 atom stereocenters. The number of benzene rings is 1. The molecule has 20 heavy (non-hydrogen) atoms. The van der Waals surface area contributed by atoms with Crippen LogP contribution in [0.25, 0.3) is 10.4 Å². The zero-order chi connectivity index (χ0) is 15.0. The van der Waals surface area contributed by atoms with Crippen LogP contribution in [0.1, 0.15) is 12.5 Å². The second-order valence-corrected chi connectivity index (χ2v) is 4.41. The summed E-state index contributed by atoms with van der Waals surface area (Å²) in [6, 6.07) is 7.44. The third-order valence-electron chi connectivity index (χ3n) is 2.93. The van der Waals surface area contributed by atoms with Crippen molar-refractivity contribution in [3.63, 3.8) is 0 Å². The molecule has 1 unspecified atom stereocenters. The van der Waals surface area contributed by atoms with E-state index < -0.39 is 11.5 Å². The minimum Gasteiger partial charge on any atom is -0.497 e. The molecule has 0 fully saturated rings. The van der Waals surface area contributed by atoms with E-state index >= 15 is 0 Å². The van der Waals surface area contributed by atoms with Gasteiger partial charge in [-0.1, -0.05) is 17.2 Å². The first-order valence-corrected chi connectivity index (χ1v) is 6.03. The molecule has 0 heterocycles. The molecule has 1 N–H and O–H groups in total. The number of carbonyl (C=O) groups is 1. The predicted molar refractivity (Wildman–Crippen MR) is 74.3 cm³/mol. The van der Waals surface area contributed by atoms with Gasteiger partial charge in [-0.25, -0.2) is 0 Å². The van der Waals surface area contributed by atoms with Gasteiger partial charge in [0.05, 0.1) is 20.8 Å². The Morgan fingerprint density at radius 2 is 2.05 bits per heavy atom. The Morgan fingerprint density at radius 1 is 1.40 bits per heavy atom. The van der Waals surface area contributed by atoms with Gasteiger partial charge >= 0.3 is 5.97 Å². The number of hydrogen-bond donors (Lipinski definition) is 1. The van der Waals surface area contributed by atoms with Crippen molar-refractivity contribution < 1.29 is 14.3 Å². The van der Waals surface area contributed by atoms with E-state index in [2.05, 4.69) is 15.3 Å². The summed E-state index contributed by atoms with van der Waals surface area (Å²) in [6.07, 6.45) is 0. The summed E-state index contributed by atoms with van der Waals surface area (Å²) in [5.41, 5.74) is 8.31. The maximum absolute atomic E-state index is 11.8. The molecule has 1 aromatic rings. The smallest absolute Gasteiger partial charge is 0.325 e. The van der Waals surface area contributed by atoms with Gasteiger partial charge in [0.1, 0.15) is 11.3 Å². The number of methoxy groups -OCH3 is 2. The summed E-state index contributed by atoms with van der Waals surface area (Å²) < 4.78 is 9.81. The van der Waals surface area contributed by atoms with Gasteiger partial charge in [-0.3, -0.25) is 10.1 Å². The number of azide groups is 1. The number of carbonyl (C=O) groups excluding carboxylic acids is 1. The van der Waals surface area contributed by atoms with Crippen molar-refractivity contribution in [1.82, 2.24) is 5.32 Å². The first kappa shape index (κ1) is 15.8. The van der Waals surface area contributed by atoms with Crippen LogP contribution >= 0.6 is 0 Å². The average molecular weight is 278 g/mol. The van der Waals surface area contributed by atoms with Crippen LogP contribution in [0, 0.1) is 0 Å². The van der Waals surface area contributed by atoms with Crippen LogP contribution in [0.15, 0.2) is 29.4 Å². The standard InChI is InChI=1S/C13H18N4O3/c1-13(9-16-17-14,12(18)20-3)15-8-10-4-6-11(19-2)7-5-10/h4-7,15H,8-9H2,1-3H3. The molecule has 0 aliphatic carbocycles. The molecule has 0 aromatic heterocycles. The van der Waals surface area contributed by atoms with Gasteiger partial charge in [0.25, 0.3) is 0 Å². The van der Waals surface area contributed by atoms with Crippen molar-refractivity contribution in [3.8, 4) is 5.75 Å². The van der Waals surface area contributed by atoms with Crippen molar-refractivity contribution in [3.05, 3.63) is 40.3 Å². The second-order valence-electron chi connectivity index (χ2n) is 4.41. The molecule has 1 aromatic carbocycles. The Bertz CT molecular complexity index is 497. The largest absolute Gasteiger partial charge is 0.497 e. The van der Waals surface area contributed by atoms with Crippen LogP contribution < -0.4 is 10.1 Å². The molecule has 0 saturated heterocycles. The molecule has 0 spiro atoms. The summed E-state index contributed by atoms with van der Waals surface area (Å²) in [5, 5.41) is 6.50. The third kappa shape index (κ3) is 4.15. The lowest BCUT2D eigenvalue weighted by atomic mass is 10.0. The molecular weight excluding hydrogens is 260 g/mol. The molecular formula is C13H18N4O3. The minimum absolute atomic E-state index is 0.0215. The molecule has 108 valence electrons. The van der Waals surface area contributed by atoms with E-state index in [-0.39, 0.29) is 6.54 Å². The summed E-state index contributed by atoms with van der Waals surface area (Å²) in [6.45, 7) is 2.06. The van der Waals surface area contributed by atoms with Crippen LogP contribution in [0.4, 0.5) is 0 Å². The fraction of sp³-hybridized carbons (Fsp3) is 0.462. The Morgan fingerprint density at radius 3 is 2.55 bits per heavy atom. The van der Waals surface area contributed by atoms with Crippen LogP contribution in [-0.2, 0) is 16.1 Å². The highest BCUT2D eigenvalue weighted by atomic mass is 16.5. The summed E-state index contributed by atoms with van der Waals surface area (Å²) in [5.74, 6) is 0.289. The van der Waals surface area contributed by atoms with Crippen molar-refractivity contribution in [2.45, 2.75) is 19.0 Å². The SMILES string of the molecule is COC(=O)C(C)(CN=[N+]=[N-])NCc1ccc(OC)cc1. The highest BCUT2D eigenvalue weighted by Gasteiger charge is 2.33. The van der Waals surface area contributed by atoms with Gasteiger partial charge in [0.15, 0.2) is 0 Å². The minimum atomic E-state index is -1.05. The normalized spacial score (nSPS) is 12.9. The van der Waals surface area contributed by atoms with E-state index in [4.69, 9.17) is 15.0 Å². The van der Waals surface area contributed by atoms with E-state index in [1.807, 2.05) is 24.3 Å². The quantitative estimate of drug-likeness (QED) is 0.357. The molecule has 1 rings (SSSR count). The number of rotatable bonds is 7. The van der Waals surface area contributed by atoms with Crippen LogP contribution in [0.5, 0.6) is 5.75 Å². The molecule has 0 radical (unpaired) electrons. The number of nitrogens with zero attached hydrogens (tertiary/aromatic N) is 3. The fourth-order valence-electron chi connectivity index (χ4n) is 1.63. The lowest BCUT2D eigenvalue weighted by Gasteiger charge is -2.26. The molecule has 0 bridgehead atoms. The van der Waals surface area contributed by atoms with Crippen molar-refractivity contribution in [2.24, 2.45) is 5.11 Å². The first-order valence-electron chi connectivity index (χ1n) is 6.03. The lowest BCUT2D eigenvalue weighted by Crippen LogP contribution is -2.52. The number of ether oxygens (including phenoxy) is 2. The Kier molecular flexibility index (Phi) is 5.83. The average Bonchev–Trinajstić information content (AvgIpc) is 2.50. The van der Waals surface area contributed by atoms with Gasteiger partial charge < -0.3 is 9.47 Å². The van der Waals surface area contributed by atoms with Crippen molar-refractivity contribution in [1.29, 1.82) is 0 Å². The van der Waals surface area contributed by atoms with E-state index in [0.29, 0.717) is 6.54 Å². The van der Waals surface area contributed by atoms with E-state index in [1.54, 1.807) is 14.0 Å². The molecule has 0 amide bonds. The maximum Gasteiger partial charge on any atom is 0.325 e. The topological polar surface area (TPSA) is 96.3 Å². The maximum atomic E-state index is 11.8. The van der Waals surface area contributed by atoms with Crippen LogP contribution in [0.3, 0.4) is 0 Å². The van der Waals surface area contributed by atoms with Gasteiger partial charge in [0.2, 0.25) is 0 Å². The molecule has 7 heteroatoms. The zero-order valence-corrected chi connectivity index (χ0v) is 11.8. The second kappa shape index (κ2) is 7.37. The highest BCUT2D eigenvalue weighted by Crippen LogP contribution is 2.13. The van der Waals surface area contributed by atoms with E-state index in [0.717, 1.165) is 11.3 Å². The van der Waals surface area contributed by atoms with Crippen LogP contribution in [-0.4, -0.2) is 32.3 Å². The van der Waals surface area contributed by atoms with Crippen molar-refractivity contribution in [2.75, 3.05) is 20.8 Å². The number of nitrogens with one attached hydrogen (secondary N) is 1. The van der Waals surface area contributed by atoms with Gasteiger partial charge in [-0.2, -0.15) is 0 Å². The van der Waals surface area contributed by atoms with Crippen molar-refractivity contribution >= 4 is 5.97 Å². The van der Waals surface area contributed by atoms with Gasteiger partial charge in [0, 0.05) is 11.5 Å². The summed E-state index contributed by atoms with van der Waals surface area (Å²) in [4.78, 5) is 14.4. The monoisotopic (exact) mass is 278 g/mol. The third-order valence-corrected chi connectivity index (χ3v) is 2.93. The zero-order valence-electron chi connectivity index (χ0n) is 11.8. The van der Waals surface area contributed by atoms with E-state index in [9.17, 15) is 4.79 Å². The predicted octanol–water partition coefficient (Wildman–Crippen LogP) is 2.03. The molecule has 0 aliphatic heterocycles. The summed E-state index contributed by atoms with van der Waals surface area (Å²) in [7, 11) is 2.90. The molecule has 0 aliphatic rings. The van der Waals surface area contributed by atoms with Gasteiger partial charge in [-0.15, -0.1) is 0 Å². The first-order chi connectivity index (χ1) is 9.55. The fourth-order valence-corrected chi connectivity index (χ4v) is 1.63. The Hall–Kier alpha value is -2.24. The lowest BCUT2D eigenvalue weighted by molar-refractivity contribution is -0.147. The Labute approximate surface area is 117 Å². The van der Waals surface area contributed by atoms with Gasteiger partial charge in [-0.05, 0) is 30.2 Å². The number of esters is 1. The van der Waals surface area contributed by atoms with Crippen LogP contribution in [0.2, 0.25) is 0 Å². The molecule has 7 nitrogen and oxygen atoms in total. The Balaban J connectivity index is 2.74. The summed E-state index contributed by atoms with van der Waals surface area (Å²) >= 11 is 0. The molecule has 0 saturated carbocycles.